The number of nitrogens with zero attached hydrogens (tertiary/aromatic N) is 2. The van der Waals surface area contributed by atoms with Crippen molar-refractivity contribution >= 4 is 5.91 Å². The Morgan fingerprint density at radius 1 is 1.38 bits per heavy atom. The Hall–Kier alpha value is -1.08. The molecule has 0 saturated heterocycles. The van der Waals surface area contributed by atoms with Gasteiger partial charge >= 0.3 is 6.18 Å². The zero-order valence-corrected chi connectivity index (χ0v) is 12.3. The van der Waals surface area contributed by atoms with Gasteiger partial charge in [0.1, 0.15) is 0 Å². The first-order valence-corrected chi connectivity index (χ1v) is 7.26. The number of hydrogen-bond acceptors (Lipinski definition) is 3. The quantitative estimate of drug-likeness (QED) is 0.784. The summed E-state index contributed by atoms with van der Waals surface area (Å²) < 4.78 is 37.4. The van der Waals surface area contributed by atoms with Crippen LogP contribution in [0.5, 0.6) is 0 Å². The third-order valence-corrected chi connectivity index (χ3v) is 3.41. The number of alkyl halides is 3. The van der Waals surface area contributed by atoms with Crippen molar-refractivity contribution in [3.8, 4) is 0 Å². The molecule has 1 aliphatic carbocycles. The minimum absolute atomic E-state index is 0.165. The molecule has 1 amide bonds. The lowest BCUT2D eigenvalue weighted by Crippen LogP contribution is -2.44. The number of amides is 1. The van der Waals surface area contributed by atoms with Gasteiger partial charge in [0.05, 0.1) is 19.7 Å². The predicted molar refractivity (Wildman–Crippen MR) is 73.5 cm³/mol. The van der Waals surface area contributed by atoms with Crippen molar-refractivity contribution in [2.75, 3.05) is 32.8 Å². The molecule has 0 radical (unpaired) electrons. The summed E-state index contributed by atoms with van der Waals surface area (Å²) in [6.45, 7) is 0.179. The number of aliphatic hydroxyl groups excluding tert-OH is 1. The van der Waals surface area contributed by atoms with E-state index in [9.17, 15) is 18.0 Å². The first-order chi connectivity index (χ1) is 9.87. The number of carbonyl (C=O) groups is 1. The summed E-state index contributed by atoms with van der Waals surface area (Å²) in [5, 5.41) is 8.85. The van der Waals surface area contributed by atoms with Gasteiger partial charge in [-0.25, -0.2) is 0 Å². The average Bonchev–Trinajstić information content (AvgIpc) is 2.39. The smallest absolute Gasteiger partial charge is 0.395 e. The van der Waals surface area contributed by atoms with Gasteiger partial charge in [-0.2, -0.15) is 13.2 Å². The van der Waals surface area contributed by atoms with Crippen LogP contribution in [0.2, 0.25) is 0 Å². The Bertz CT molecular complexity index is 370. The molecule has 0 aromatic carbocycles. The van der Waals surface area contributed by atoms with Crippen LogP contribution in [0, 0.1) is 0 Å². The van der Waals surface area contributed by atoms with Crippen molar-refractivity contribution in [2.24, 2.45) is 0 Å². The van der Waals surface area contributed by atoms with Crippen molar-refractivity contribution in [2.45, 2.75) is 38.8 Å². The number of aliphatic hydroxyl groups is 1. The first kappa shape index (κ1) is 18.0. The van der Waals surface area contributed by atoms with Crippen LogP contribution < -0.4 is 0 Å². The van der Waals surface area contributed by atoms with Crippen LogP contribution in [0.3, 0.4) is 0 Å². The maximum Gasteiger partial charge on any atom is 0.401 e. The normalized spacial score (nSPS) is 16.0. The second-order valence-corrected chi connectivity index (χ2v) is 5.13. The van der Waals surface area contributed by atoms with Gasteiger partial charge in [0.2, 0.25) is 5.91 Å². The van der Waals surface area contributed by atoms with E-state index >= 15 is 0 Å². The van der Waals surface area contributed by atoms with E-state index in [1.807, 2.05) is 13.0 Å². The minimum Gasteiger partial charge on any atom is -0.395 e. The predicted octanol–water partition coefficient (Wildman–Crippen LogP) is 2.15. The lowest BCUT2D eigenvalue weighted by Gasteiger charge is -2.29. The molecule has 21 heavy (non-hydrogen) atoms. The van der Waals surface area contributed by atoms with Crippen LogP contribution in [0.4, 0.5) is 13.2 Å². The molecular weight excluding hydrogens is 285 g/mol. The number of hydrogen-bond donors (Lipinski definition) is 1. The standard InChI is InChI=1S/C14H23F3N2O2/c1-2-19(12-6-4-3-5-7-12)13(21)10-18(8-9-20)11-14(15,16)17/h6,20H,2-5,7-11H2,1H3. The van der Waals surface area contributed by atoms with Gasteiger partial charge in [0, 0.05) is 18.8 Å². The van der Waals surface area contributed by atoms with Crippen molar-refractivity contribution in [3.05, 3.63) is 11.8 Å². The van der Waals surface area contributed by atoms with Crippen LogP contribution >= 0.6 is 0 Å². The lowest BCUT2D eigenvalue weighted by molar-refractivity contribution is -0.151. The maximum atomic E-state index is 12.5. The van der Waals surface area contributed by atoms with E-state index in [0.717, 1.165) is 36.3 Å². The summed E-state index contributed by atoms with van der Waals surface area (Å²) in [4.78, 5) is 14.7. The van der Waals surface area contributed by atoms with Gasteiger partial charge in [-0.05, 0) is 32.6 Å². The van der Waals surface area contributed by atoms with Gasteiger partial charge < -0.3 is 10.0 Å². The van der Waals surface area contributed by atoms with Gasteiger partial charge in [-0.3, -0.25) is 9.69 Å². The van der Waals surface area contributed by atoms with E-state index in [1.54, 1.807) is 4.90 Å². The molecule has 0 heterocycles. The van der Waals surface area contributed by atoms with Crippen LogP contribution in [0.1, 0.15) is 32.6 Å². The van der Waals surface area contributed by atoms with Crippen molar-refractivity contribution in [1.82, 2.24) is 9.80 Å². The SMILES string of the molecule is CCN(C(=O)CN(CCO)CC(F)(F)F)C1=CCCCC1. The highest BCUT2D eigenvalue weighted by Crippen LogP contribution is 2.21. The van der Waals surface area contributed by atoms with Gasteiger partial charge in [0.25, 0.3) is 0 Å². The van der Waals surface area contributed by atoms with Crippen LogP contribution in [-0.2, 0) is 4.79 Å². The maximum absolute atomic E-state index is 12.5. The summed E-state index contributed by atoms with van der Waals surface area (Å²) in [5.41, 5.74) is 0.907. The Kier molecular flexibility index (Phi) is 7.17. The largest absolute Gasteiger partial charge is 0.401 e. The molecule has 0 aliphatic heterocycles. The molecule has 0 bridgehead atoms. The second-order valence-electron chi connectivity index (χ2n) is 5.13. The Morgan fingerprint density at radius 2 is 2.10 bits per heavy atom. The van der Waals surface area contributed by atoms with E-state index < -0.39 is 19.3 Å². The van der Waals surface area contributed by atoms with Crippen LogP contribution in [0.15, 0.2) is 11.8 Å². The van der Waals surface area contributed by atoms with Gasteiger partial charge in [0.15, 0.2) is 0 Å². The molecule has 0 spiro atoms. The average molecular weight is 308 g/mol. The summed E-state index contributed by atoms with van der Waals surface area (Å²) in [5.74, 6) is -0.344. The minimum atomic E-state index is -4.38. The third kappa shape index (κ3) is 6.48. The number of rotatable bonds is 7. The topological polar surface area (TPSA) is 43.8 Å². The highest BCUT2D eigenvalue weighted by molar-refractivity contribution is 5.80. The van der Waals surface area contributed by atoms with Crippen LogP contribution in [-0.4, -0.2) is 59.8 Å². The molecule has 0 saturated carbocycles. The highest BCUT2D eigenvalue weighted by Gasteiger charge is 2.32. The number of likely N-dealkylation sites (N-methyl/N-ethyl adjacent to an activating group) is 1. The lowest BCUT2D eigenvalue weighted by atomic mass is 10.0. The fraction of sp³-hybridized carbons (Fsp3) is 0.786. The summed E-state index contributed by atoms with van der Waals surface area (Å²) in [6.07, 6.45) is 1.39. The van der Waals surface area contributed by atoms with Crippen molar-refractivity contribution in [1.29, 1.82) is 0 Å². The Labute approximate surface area is 123 Å². The molecule has 0 atom stereocenters. The number of allylic oxidation sites excluding steroid dienone is 2. The number of halogens is 3. The van der Waals surface area contributed by atoms with Gasteiger partial charge in [-0.15, -0.1) is 0 Å². The van der Waals surface area contributed by atoms with E-state index in [0.29, 0.717) is 6.54 Å². The highest BCUT2D eigenvalue weighted by atomic mass is 19.4. The number of carbonyl (C=O) groups excluding carboxylic acids is 1. The molecule has 0 fully saturated rings. The zero-order chi connectivity index (χ0) is 15.9. The third-order valence-electron chi connectivity index (χ3n) is 3.41. The molecular formula is C14H23F3N2O2. The van der Waals surface area contributed by atoms with E-state index in [-0.39, 0.29) is 19.0 Å². The fourth-order valence-electron chi connectivity index (χ4n) is 2.49. The molecule has 1 N–H and O–H groups in total. The molecule has 0 aromatic rings. The summed E-state index contributed by atoms with van der Waals surface area (Å²) in [7, 11) is 0. The van der Waals surface area contributed by atoms with Crippen LogP contribution in [0.25, 0.3) is 0 Å². The fourth-order valence-corrected chi connectivity index (χ4v) is 2.49. The van der Waals surface area contributed by atoms with E-state index in [4.69, 9.17) is 5.11 Å². The molecule has 1 rings (SSSR count). The molecule has 122 valence electrons. The van der Waals surface area contributed by atoms with Gasteiger partial charge in [-0.1, -0.05) is 6.08 Å². The molecule has 0 unspecified atom stereocenters. The summed E-state index contributed by atoms with van der Waals surface area (Å²) in [6, 6.07) is 0. The van der Waals surface area contributed by atoms with E-state index in [1.165, 1.54) is 0 Å². The Morgan fingerprint density at radius 3 is 2.57 bits per heavy atom. The molecule has 4 nitrogen and oxygen atoms in total. The Balaban J connectivity index is 2.67. The second kappa shape index (κ2) is 8.38. The zero-order valence-electron chi connectivity index (χ0n) is 12.3. The monoisotopic (exact) mass is 308 g/mol. The van der Waals surface area contributed by atoms with E-state index in [2.05, 4.69) is 0 Å². The molecule has 1 aliphatic rings. The summed E-state index contributed by atoms with van der Waals surface area (Å²) >= 11 is 0. The molecule has 7 heteroatoms. The van der Waals surface area contributed by atoms with Crippen molar-refractivity contribution < 1.29 is 23.1 Å². The van der Waals surface area contributed by atoms with Crippen molar-refractivity contribution in [3.63, 3.8) is 0 Å². The molecule has 0 aromatic heterocycles. The first-order valence-electron chi connectivity index (χ1n) is 7.26.